The monoisotopic (exact) mass is 316 g/mol. The molecule has 0 radical (unpaired) electrons. The van der Waals surface area contributed by atoms with Gasteiger partial charge in [0.15, 0.2) is 5.76 Å². The van der Waals surface area contributed by atoms with E-state index in [0.717, 1.165) is 43.9 Å². The van der Waals surface area contributed by atoms with E-state index in [4.69, 9.17) is 4.74 Å². The molecule has 1 fully saturated rings. The zero-order chi connectivity index (χ0) is 16.6. The fourth-order valence-electron chi connectivity index (χ4n) is 3.15. The molecule has 23 heavy (non-hydrogen) atoms. The van der Waals surface area contributed by atoms with Crippen LogP contribution >= 0.6 is 0 Å². The maximum absolute atomic E-state index is 12.4. The number of ether oxygens (including phenoxy) is 1. The normalized spacial score (nSPS) is 18.9. The first-order valence-corrected chi connectivity index (χ1v) is 8.20. The van der Waals surface area contributed by atoms with Crippen LogP contribution in [0.15, 0.2) is 23.5 Å². The molecule has 2 heterocycles. The van der Waals surface area contributed by atoms with E-state index in [2.05, 4.69) is 16.7 Å². The molecule has 0 spiro atoms. The third kappa shape index (κ3) is 2.99. The molecule has 0 amide bonds. The van der Waals surface area contributed by atoms with E-state index < -0.39 is 0 Å². The Morgan fingerprint density at radius 1 is 1.17 bits per heavy atom. The molecule has 5 nitrogen and oxygen atoms in total. The molecule has 124 valence electrons. The molecule has 1 N–H and O–H groups in total. The second-order valence-corrected chi connectivity index (χ2v) is 6.41. The lowest BCUT2D eigenvalue weighted by Crippen LogP contribution is -2.45. The highest BCUT2D eigenvalue weighted by Gasteiger charge is 2.32. The highest BCUT2D eigenvalue weighted by atomic mass is 16.5. The van der Waals surface area contributed by atoms with Crippen LogP contribution in [0, 0.1) is 0 Å². The quantitative estimate of drug-likeness (QED) is 0.868. The van der Waals surface area contributed by atoms with Gasteiger partial charge in [0, 0.05) is 32.7 Å². The first-order valence-electron chi connectivity index (χ1n) is 8.20. The second-order valence-electron chi connectivity index (χ2n) is 6.41. The number of phenolic OH excluding ortho intramolecular Hbond substituents is 1. The van der Waals surface area contributed by atoms with Crippen LogP contribution < -0.4 is 4.74 Å². The van der Waals surface area contributed by atoms with Crippen LogP contribution in [-0.4, -0.2) is 53.4 Å². The zero-order valence-corrected chi connectivity index (χ0v) is 14.1. The summed E-state index contributed by atoms with van der Waals surface area (Å²) < 4.78 is 5.81. The number of nitrogens with zero attached hydrogens (tertiary/aromatic N) is 2. The van der Waals surface area contributed by atoms with Crippen LogP contribution in [0.1, 0.15) is 36.7 Å². The average molecular weight is 316 g/mol. The molecule has 1 saturated heterocycles. The Bertz CT molecular complexity index is 654. The molecule has 0 atom stereocenters. The van der Waals surface area contributed by atoms with Crippen LogP contribution in [0.2, 0.25) is 0 Å². The van der Waals surface area contributed by atoms with Gasteiger partial charge in [0.2, 0.25) is 5.78 Å². The third-order valence-electron chi connectivity index (χ3n) is 4.64. The smallest absolute Gasteiger partial charge is 0.231 e. The first-order chi connectivity index (χ1) is 11.0. The van der Waals surface area contributed by atoms with Crippen molar-refractivity contribution in [3.63, 3.8) is 0 Å². The summed E-state index contributed by atoms with van der Waals surface area (Å²) in [5.74, 6) is 1.04. The van der Waals surface area contributed by atoms with Gasteiger partial charge < -0.3 is 14.7 Å². The summed E-state index contributed by atoms with van der Waals surface area (Å²) in [6, 6.07) is 3.26. The van der Waals surface area contributed by atoms with Crippen LogP contribution in [-0.2, 0) is 6.54 Å². The molecule has 0 unspecified atom stereocenters. The number of rotatable bonds is 3. The van der Waals surface area contributed by atoms with E-state index in [1.54, 1.807) is 12.1 Å². The summed E-state index contributed by atoms with van der Waals surface area (Å²) in [7, 11) is 0. The predicted octanol–water partition coefficient (Wildman–Crippen LogP) is 2.40. The number of fused-ring (bicyclic) bond motifs is 1. The van der Waals surface area contributed by atoms with Crippen molar-refractivity contribution >= 4 is 5.78 Å². The highest BCUT2D eigenvalue weighted by Crippen LogP contribution is 2.40. The van der Waals surface area contributed by atoms with Crippen LogP contribution in [0.25, 0.3) is 0 Å². The number of allylic oxidation sites excluding steroid dienone is 2. The summed E-state index contributed by atoms with van der Waals surface area (Å²) in [5, 5.41) is 10.3. The lowest BCUT2D eigenvalue weighted by Gasteiger charge is -2.34. The molecular formula is C18H24N2O3. The molecule has 0 saturated carbocycles. The van der Waals surface area contributed by atoms with Crippen molar-refractivity contribution in [3.8, 4) is 11.5 Å². The third-order valence-corrected chi connectivity index (χ3v) is 4.64. The van der Waals surface area contributed by atoms with Crippen molar-refractivity contribution in [2.24, 2.45) is 0 Å². The minimum absolute atomic E-state index is 0.0861. The molecule has 1 aromatic carbocycles. The van der Waals surface area contributed by atoms with E-state index in [1.807, 2.05) is 13.8 Å². The Kier molecular flexibility index (Phi) is 4.41. The number of benzene rings is 1. The van der Waals surface area contributed by atoms with Crippen molar-refractivity contribution in [1.82, 2.24) is 9.80 Å². The van der Waals surface area contributed by atoms with Crippen LogP contribution in [0.5, 0.6) is 11.5 Å². The van der Waals surface area contributed by atoms with E-state index >= 15 is 0 Å². The summed E-state index contributed by atoms with van der Waals surface area (Å²) in [6.07, 6.45) is 0. The highest BCUT2D eigenvalue weighted by molar-refractivity contribution is 6.13. The van der Waals surface area contributed by atoms with Gasteiger partial charge in [0.1, 0.15) is 11.5 Å². The number of carbonyl (C=O) groups excluding carboxylic acids is 1. The zero-order valence-electron chi connectivity index (χ0n) is 14.1. The van der Waals surface area contributed by atoms with Gasteiger partial charge in [0.05, 0.1) is 11.1 Å². The number of phenols is 1. The van der Waals surface area contributed by atoms with E-state index in [9.17, 15) is 9.90 Å². The minimum atomic E-state index is -0.0861. The van der Waals surface area contributed by atoms with Gasteiger partial charge in [-0.2, -0.15) is 0 Å². The van der Waals surface area contributed by atoms with Crippen molar-refractivity contribution in [2.75, 3.05) is 32.7 Å². The van der Waals surface area contributed by atoms with Crippen molar-refractivity contribution in [1.29, 1.82) is 0 Å². The maximum atomic E-state index is 12.4. The molecule has 2 aliphatic rings. The van der Waals surface area contributed by atoms with Crippen molar-refractivity contribution in [3.05, 3.63) is 34.6 Å². The Morgan fingerprint density at radius 2 is 1.83 bits per heavy atom. The summed E-state index contributed by atoms with van der Waals surface area (Å²) in [5.41, 5.74) is 2.13. The number of piperazine rings is 1. The molecule has 3 rings (SSSR count). The SMILES string of the molecule is CCN1CCN(Cc2c(O)ccc3c2OC(=C(C)C)C3=O)CC1. The summed E-state index contributed by atoms with van der Waals surface area (Å²) in [4.78, 5) is 17.1. The fourth-order valence-corrected chi connectivity index (χ4v) is 3.15. The lowest BCUT2D eigenvalue weighted by atomic mass is 10.0. The van der Waals surface area contributed by atoms with Crippen molar-refractivity contribution < 1.29 is 14.6 Å². The molecule has 5 heteroatoms. The maximum Gasteiger partial charge on any atom is 0.231 e. The van der Waals surface area contributed by atoms with Gasteiger partial charge in [-0.15, -0.1) is 0 Å². The summed E-state index contributed by atoms with van der Waals surface area (Å²) >= 11 is 0. The van der Waals surface area contributed by atoms with Gasteiger partial charge in [-0.1, -0.05) is 6.92 Å². The van der Waals surface area contributed by atoms with Gasteiger partial charge in [-0.25, -0.2) is 0 Å². The van der Waals surface area contributed by atoms with Gasteiger partial charge in [-0.3, -0.25) is 9.69 Å². The Labute approximate surface area is 137 Å². The lowest BCUT2D eigenvalue weighted by molar-refractivity contribution is 0.101. The molecule has 0 bridgehead atoms. The number of aromatic hydroxyl groups is 1. The largest absolute Gasteiger partial charge is 0.507 e. The number of ketones is 1. The van der Waals surface area contributed by atoms with Gasteiger partial charge >= 0.3 is 0 Å². The Morgan fingerprint density at radius 3 is 2.43 bits per heavy atom. The topological polar surface area (TPSA) is 53.0 Å². The van der Waals surface area contributed by atoms with Crippen LogP contribution in [0.4, 0.5) is 0 Å². The van der Waals surface area contributed by atoms with Crippen LogP contribution in [0.3, 0.4) is 0 Å². The van der Waals surface area contributed by atoms with E-state index in [1.165, 1.54) is 0 Å². The average Bonchev–Trinajstić information content (AvgIpc) is 2.88. The van der Waals surface area contributed by atoms with Crippen molar-refractivity contribution in [2.45, 2.75) is 27.3 Å². The number of Topliss-reactive ketones (excluding diaryl/α,β-unsaturated/α-hetero) is 1. The standard InChI is InChI=1S/C18H24N2O3/c1-4-19-7-9-20(10-8-19)11-14-15(21)6-5-13-16(22)17(12(2)3)23-18(13)14/h5-6,21H,4,7-11H2,1-3H3. The number of hydrogen-bond donors (Lipinski definition) is 1. The molecule has 2 aliphatic heterocycles. The van der Waals surface area contributed by atoms with Gasteiger partial charge in [0.25, 0.3) is 0 Å². The minimum Gasteiger partial charge on any atom is -0.507 e. The van der Waals surface area contributed by atoms with Gasteiger partial charge in [-0.05, 0) is 38.1 Å². The molecule has 0 aromatic heterocycles. The second kappa shape index (κ2) is 6.34. The Hall–Kier alpha value is -1.85. The van der Waals surface area contributed by atoms with E-state index in [0.29, 0.717) is 23.6 Å². The fraction of sp³-hybridized carbons (Fsp3) is 0.500. The molecular weight excluding hydrogens is 292 g/mol. The number of carbonyl (C=O) groups is 1. The predicted molar refractivity (Wildman–Crippen MR) is 88.8 cm³/mol. The first kappa shape index (κ1) is 16.0. The van der Waals surface area contributed by atoms with E-state index in [-0.39, 0.29) is 11.5 Å². The summed E-state index contributed by atoms with van der Waals surface area (Å²) in [6.45, 7) is 11.6. The number of likely N-dealkylation sites (N-methyl/N-ethyl adjacent to an activating group) is 1. The Balaban J connectivity index is 1.85. The molecule has 1 aromatic rings. The number of hydrogen-bond acceptors (Lipinski definition) is 5. The molecule has 0 aliphatic carbocycles.